The molecule has 1 unspecified atom stereocenters. The number of nitrogens with one attached hydrogen (secondary N) is 2. The fourth-order valence-electron chi connectivity index (χ4n) is 3.81. The molecule has 0 aliphatic carbocycles. The molecule has 0 fully saturated rings. The average Bonchev–Trinajstić information content (AvgIpc) is 3.24. The van der Waals surface area contributed by atoms with Crippen molar-refractivity contribution in [1.82, 2.24) is 4.98 Å². The lowest BCUT2D eigenvalue weighted by Gasteiger charge is -2.19. The van der Waals surface area contributed by atoms with E-state index >= 15 is 0 Å². The van der Waals surface area contributed by atoms with Gasteiger partial charge in [0.1, 0.15) is 6.04 Å². The number of benzene rings is 3. The van der Waals surface area contributed by atoms with Crippen LogP contribution < -0.4 is 5.32 Å². The van der Waals surface area contributed by atoms with Gasteiger partial charge in [0.05, 0.1) is 7.11 Å². The van der Waals surface area contributed by atoms with Gasteiger partial charge in [0.25, 0.3) is 0 Å². The molecule has 1 aromatic heterocycles. The third kappa shape index (κ3) is 5.04. The Morgan fingerprint density at radius 1 is 0.970 bits per heavy atom. The van der Waals surface area contributed by atoms with Gasteiger partial charge in [0, 0.05) is 40.0 Å². The smallest absolute Gasteiger partial charge is 0.330 e. The number of hydrogen-bond acceptors (Lipinski definition) is 4. The Morgan fingerprint density at radius 3 is 2.48 bits per heavy atom. The number of carbonyl (C=O) groups excluding carboxylic acids is 2. The number of aromatic amines is 1. The second kappa shape index (κ2) is 9.57. The van der Waals surface area contributed by atoms with Crippen molar-refractivity contribution in [2.24, 2.45) is 0 Å². The van der Waals surface area contributed by atoms with E-state index in [1.165, 1.54) is 13.2 Å². The molecule has 2 N–H and O–H groups in total. The van der Waals surface area contributed by atoms with Gasteiger partial charge in [-0.15, -0.1) is 0 Å². The van der Waals surface area contributed by atoms with Crippen molar-refractivity contribution in [3.05, 3.63) is 107 Å². The number of hydrogen-bond donors (Lipinski definition) is 2. The van der Waals surface area contributed by atoms with Crippen LogP contribution in [0.1, 0.15) is 38.7 Å². The number of anilines is 1. The van der Waals surface area contributed by atoms with Crippen LogP contribution in [0.3, 0.4) is 0 Å². The predicted octanol–water partition coefficient (Wildman–Crippen LogP) is 6.01. The molecule has 1 heterocycles. The number of fused-ring (bicyclic) bond motifs is 1. The van der Waals surface area contributed by atoms with Gasteiger partial charge in [-0.25, -0.2) is 4.79 Å². The van der Waals surface area contributed by atoms with Crippen LogP contribution in [0.5, 0.6) is 0 Å². The summed E-state index contributed by atoms with van der Waals surface area (Å²) >= 11 is 0. The van der Waals surface area contributed by atoms with Crippen molar-refractivity contribution in [1.29, 1.82) is 0 Å². The van der Waals surface area contributed by atoms with Gasteiger partial charge in [-0.2, -0.15) is 0 Å². The molecule has 33 heavy (non-hydrogen) atoms. The number of aryl methyl sites for hydroxylation is 2. The van der Waals surface area contributed by atoms with E-state index in [-0.39, 0.29) is 5.78 Å². The van der Waals surface area contributed by atoms with Gasteiger partial charge in [0.15, 0.2) is 5.78 Å². The van der Waals surface area contributed by atoms with Crippen molar-refractivity contribution < 1.29 is 14.3 Å². The fourth-order valence-corrected chi connectivity index (χ4v) is 3.81. The van der Waals surface area contributed by atoms with Crippen LogP contribution in [0.4, 0.5) is 5.69 Å². The lowest BCUT2D eigenvalue weighted by molar-refractivity contribution is -0.134. The summed E-state index contributed by atoms with van der Waals surface area (Å²) in [5.74, 6) is -0.439. The van der Waals surface area contributed by atoms with Gasteiger partial charge < -0.3 is 15.0 Å². The number of rotatable bonds is 7. The molecular weight excluding hydrogens is 412 g/mol. The third-order valence-corrected chi connectivity index (χ3v) is 5.59. The Kier molecular flexibility index (Phi) is 6.41. The Morgan fingerprint density at radius 2 is 1.76 bits per heavy atom. The monoisotopic (exact) mass is 438 g/mol. The maximum Gasteiger partial charge on any atom is 0.330 e. The topological polar surface area (TPSA) is 71.2 Å². The van der Waals surface area contributed by atoms with Crippen LogP contribution >= 0.6 is 0 Å². The fraction of sp³-hybridized carbons (Fsp3) is 0.143. The first-order chi connectivity index (χ1) is 15.9. The summed E-state index contributed by atoms with van der Waals surface area (Å²) in [5.41, 5.74) is 6.31. The number of H-pyrrole nitrogens is 1. The average molecular weight is 439 g/mol. The van der Waals surface area contributed by atoms with Crippen molar-refractivity contribution in [3.8, 4) is 0 Å². The number of methoxy groups -OCH3 is 1. The number of ketones is 1. The minimum atomic E-state index is -0.594. The lowest BCUT2D eigenvalue weighted by atomic mass is 9.95. The van der Waals surface area contributed by atoms with Crippen LogP contribution in [-0.2, 0) is 9.53 Å². The minimum absolute atomic E-state index is 0.0205. The number of Topliss-reactive ketones (excluding diaryl/α,β-unsaturated/α-hetero) is 1. The SMILES string of the molecule is COC(=O)/C=C/c1ccc2[nH]cc(C(Nc3cccc(C)c3)C(=O)c3ccc(C)cc3)c2c1. The number of aromatic nitrogens is 1. The summed E-state index contributed by atoms with van der Waals surface area (Å²) < 4.78 is 4.68. The van der Waals surface area contributed by atoms with Gasteiger partial charge >= 0.3 is 5.97 Å². The van der Waals surface area contributed by atoms with Gasteiger partial charge in [0.2, 0.25) is 0 Å². The van der Waals surface area contributed by atoms with E-state index in [0.717, 1.165) is 38.8 Å². The number of esters is 1. The van der Waals surface area contributed by atoms with Crippen molar-refractivity contribution in [2.75, 3.05) is 12.4 Å². The molecular formula is C28H26N2O3. The largest absolute Gasteiger partial charge is 0.466 e. The molecule has 0 radical (unpaired) electrons. The van der Waals surface area contributed by atoms with Crippen LogP contribution in [0.25, 0.3) is 17.0 Å². The Hall–Kier alpha value is -4.12. The van der Waals surface area contributed by atoms with E-state index in [0.29, 0.717) is 5.56 Å². The molecule has 1 atom stereocenters. The summed E-state index contributed by atoms with van der Waals surface area (Å²) in [6.45, 7) is 4.02. The van der Waals surface area contributed by atoms with E-state index in [1.54, 1.807) is 6.08 Å². The third-order valence-electron chi connectivity index (χ3n) is 5.59. The number of carbonyl (C=O) groups is 2. The molecule has 0 aliphatic heterocycles. The zero-order valence-corrected chi connectivity index (χ0v) is 18.9. The minimum Gasteiger partial charge on any atom is -0.466 e. The van der Waals surface area contributed by atoms with Crippen LogP contribution in [0.15, 0.2) is 79.0 Å². The first kappa shape index (κ1) is 22.1. The highest BCUT2D eigenvalue weighted by molar-refractivity contribution is 6.05. The molecule has 0 saturated heterocycles. The summed E-state index contributed by atoms with van der Waals surface area (Å²) in [7, 11) is 1.35. The second-order valence-electron chi connectivity index (χ2n) is 8.08. The Balaban J connectivity index is 1.78. The van der Waals surface area contributed by atoms with E-state index in [1.807, 2.05) is 86.8 Å². The molecule has 0 bridgehead atoms. The molecule has 0 amide bonds. The summed E-state index contributed by atoms with van der Waals surface area (Å²) in [6.07, 6.45) is 4.96. The zero-order chi connectivity index (χ0) is 23.4. The first-order valence-corrected chi connectivity index (χ1v) is 10.8. The van der Waals surface area contributed by atoms with Gasteiger partial charge in [-0.3, -0.25) is 4.79 Å². The van der Waals surface area contributed by atoms with Crippen molar-refractivity contribution >= 4 is 34.4 Å². The molecule has 0 aliphatic rings. The highest BCUT2D eigenvalue weighted by atomic mass is 16.5. The molecule has 166 valence electrons. The second-order valence-corrected chi connectivity index (χ2v) is 8.08. The molecule has 4 aromatic rings. The standard InChI is InChI=1S/C28H26N2O3/c1-18-7-11-21(12-8-18)28(32)27(30-22-6-4-5-19(2)15-22)24-17-29-25-13-9-20(16-23(24)25)10-14-26(31)33-3/h4-17,27,29-30H,1-3H3/b14-10+. The summed E-state index contributed by atoms with van der Waals surface area (Å²) in [4.78, 5) is 28.5. The van der Waals surface area contributed by atoms with E-state index in [4.69, 9.17) is 0 Å². The van der Waals surface area contributed by atoms with E-state index in [9.17, 15) is 9.59 Å². The van der Waals surface area contributed by atoms with Crippen molar-refractivity contribution in [3.63, 3.8) is 0 Å². The van der Waals surface area contributed by atoms with Gasteiger partial charge in [-0.1, -0.05) is 48.0 Å². The number of ether oxygens (including phenoxy) is 1. The predicted molar refractivity (Wildman–Crippen MR) is 132 cm³/mol. The molecule has 5 heteroatoms. The lowest BCUT2D eigenvalue weighted by Crippen LogP contribution is -2.21. The van der Waals surface area contributed by atoms with Crippen LogP contribution in [0, 0.1) is 13.8 Å². The van der Waals surface area contributed by atoms with E-state index in [2.05, 4.69) is 15.0 Å². The highest BCUT2D eigenvalue weighted by Crippen LogP contribution is 2.31. The first-order valence-electron chi connectivity index (χ1n) is 10.8. The molecule has 5 nitrogen and oxygen atoms in total. The highest BCUT2D eigenvalue weighted by Gasteiger charge is 2.25. The van der Waals surface area contributed by atoms with E-state index < -0.39 is 12.0 Å². The molecule has 3 aromatic carbocycles. The maximum absolute atomic E-state index is 13.7. The molecule has 4 rings (SSSR count). The normalized spacial score (nSPS) is 12.1. The quantitative estimate of drug-likeness (QED) is 0.211. The maximum atomic E-state index is 13.7. The zero-order valence-electron chi connectivity index (χ0n) is 18.9. The Labute approximate surface area is 193 Å². The summed E-state index contributed by atoms with van der Waals surface area (Å²) in [5, 5.41) is 4.35. The van der Waals surface area contributed by atoms with Gasteiger partial charge in [-0.05, 0) is 55.3 Å². The molecule has 0 saturated carbocycles. The van der Waals surface area contributed by atoms with Crippen LogP contribution in [0.2, 0.25) is 0 Å². The molecule has 0 spiro atoms. The van der Waals surface area contributed by atoms with Crippen LogP contribution in [-0.4, -0.2) is 23.8 Å². The Bertz CT molecular complexity index is 1330. The van der Waals surface area contributed by atoms with Crippen molar-refractivity contribution in [2.45, 2.75) is 19.9 Å². The summed E-state index contributed by atoms with van der Waals surface area (Å²) in [6, 6.07) is 20.8.